The number of thiophene rings is 1. The zero-order valence-corrected chi connectivity index (χ0v) is 17.2. The quantitative estimate of drug-likeness (QED) is 0.654. The van der Waals surface area contributed by atoms with Gasteiger partial charge in [0.25, 0.3) is 5.91 Å². The fraction of sp³-hybridized carbons (Fsp3) is 0.286. The summed E-state index contributed by atoms with van der Waals surface area (Å²) in [7, 11) is 3.07. The van der Waals surface area contributed by atoms with E-state index in [0.29, 0.717) is 16.3 Å². The van der Waals surface area contributed by atoms with Crippen LogP contribution in [0.1, 0.15) is 36.9 Å². The van der Waals surface area contributed by atoms with Gasteiger partial charge in [-0.1, -0.05) is 30.3 Å². The van der Waals surface area contributed by atoms with Gasteiger partial charge in [-0.15, -0.1) is 11.3 Å². The zero-order chi connectivity index (χ0) is 20.4. The summed E-state index contributed by atoms with van der Waals surface area (Å²) in [6.07, 6.45) is 2.31. The minimum Gasteiger partial charge on any atom is -0.465 e. The summed E-state index contributed by atoms with van der Waals surface area (Å²) in [6, 6.07) is 12.0. The number of esters is 1. The first-order chi connectivity index (χ1) is 14.1. The predicted molar refractivity (Wildman–Crippen MR) is 111 cm³/mol. The van der Waals surface area contributed by atoms with Crippen molar-refractivity contribution in [2.75, 3.05) is 19.0 Å². The molecule has 0 unspecified atom stereocenters. The Labute approximate surface area is 172 Å². The minimum absolute atomic E-state index is 0.296. The van der Waals surface area contributed by atoms with Crippen LogP contribution in [0, 0.1) is 0 Å². The number of fused-ring (bicyclic) bond motifs is 1. The third-order valence-corrected chi connectivity index (χ3v) is 6.19. The lowest BCUT2D eigenvalue weighted by Gasteiger charge is -2.27. The number of methoxy groups -OCH3 is 1. The average Bonchev–Trinajstić information content (AvgIpc) is 3.31. The van der Waals surface area contributed by atoms with Gasteiger partial charge < -0.3 is 10.1 Å². The summed E-state index contributed by atoms with van der Waals surface area (Å²) in [5.74, 6) is -0.714. The van der Waals surface area contributed by atoms with E-state index < -0.39 is 5.97 Å². The van der Waals surface area contributed by atoms with Crippen molar-refractivity contribution in [1.82, 2.24) is 14.7 Å². The molecular weight excluding hydrogens is 388 g/mol. The summed E-state index contributed by atoms with van der Waals surface area (Å²) in [6.45, 7) is 2.43. The van der Waals surface area contributed by atoms with Gasteiger partial charge in [-0.2, -0.15) is 5.10 Å². The van der Waals surface area contributed by atoms with Crippen molar-refractivity contribution in [3.63, 3.8) is 0 Å². The number of amides is 1. The summed E-state index contributed by atoms with van der Waals surface area (Å²) < 4.78 is 6.51. The normalized spacial score (nSPS) is 13.7. The number of nitrogens with one attached hydrogen (secondary N) is 1. The van der Waals surface area contributed by atoms with Crippen LogP contribution in [0.3, 0.4) is 0 Å². The highest BCUT2D eigenvalue weighted by Gasteiger charge is 2.29. The van der Waals surface area contributed by atoms with Crippen molar-refractivity contribution < 1.29 is 14.3 Å². The van der Waals surface area contributed by atoms with E-state index >= 15 is 0 Å². The first-order valence-corrected chi connectivity index (χ1v) is 10.2. The molecule has 0 saturated heterocycles. The Morgan fingerprint density at radius 3 is 2.72 bits per heavy atom. The number of benzene rings is 1. The lowest BCUT2D eigenvalue weighted by molar-refractivity contribution is 0.0600. The van der Waals surface area contributed by atoms with Gasteiger partial charge in [-0.25, -0.2) is 4.79 Å². The number of carbonyl (C=O) groups excluding carboxylic acids is 2. The van der Waals surface area contributed by atoms with Gasteiger partial charge in [-0.3, -0.25) is 14.4 Å². The maximum Gasteiger partial charge on any atom is 0.341 e. The number of nitrogens with zero attached hydrogens (tertiary/aromatic N) is 3. The molecule has 0 atom stereocenters. The van der Waals surface area contributed by atoms with E-state index in [1.54, 1.807) is 19.3 Å². The molecule has 8 heteroatoms. The van der Waals surface area contributed by atoms with Gasteiger partial charge in [0.15, 0.2) is 0 Å². The van der Waals surface area contributed by atoms with Crippen LogP contribution in [0.2, 0.25) is 0 Å². The number of aryl methyl sites for hydroxylation is 1. The van der Waals surface area contributed by atoms with E-state index in [9.17, 15) is 9.59 Å². The fourth-order valence-electron chi connectivity index (χ4n) is 3.60. The molecule has 3 heterocycles. The van der Waals surface area contributed by atoms with Crippen LogP contribution in [-0.4, -0.2) is 40.2 Å². The van der Waals surface area contributed by atoms with Crippen LogP contribution < -0.4 is 5.32 Å². The molecule has 1 aliphatic heterocycles. The highest BCUT2D eigenvalue weighted by Crippen LogP contribution is 2.38. The van der Waals surface area contributed by atoms with Gasteiger partial charge >= 0.3 is 5.97 Å². The van der Waals surface area contributed by atoms with Crippen molar-refractivity contribution in [3.05, 3.63) is 69.9 Å². The standard InChI is InChI=1S/C21H22N4O3S/c1-24-16(8-10-22-24)19(26)23-20-18(21(27)28-2)15-9-11-25(13-17(15)29-20)12-14-6-4-3-5-7-14/h3-8,10H,9,11-13H2,1-2H3,(H,23,26). The van der Waals surface area contributed by atoms with E-state index in [1.807, 2.05) is 18.2 Å². The van der Waals surface area contributed by atoms with Crippen LogP contribution >= 0.6 is 11.3 Å². The average molecular weight is 410 g/mol. The molecular formula is C21H22N4O3S. The summed E-state index contributed by atoms with van der Waals surface area (Å²) in [5, 5.41) is 7.46. The Hall–Kier alpha value is -2.97. The number of hydrogen-bond acceptors (Lipinski definition) is 6. The molecule has 1 amide bonds. The van der Waals surface area contributed by atoms with Crippen molar-refractivity contribution in [1.29, 1.82) is 0 Å². The number of ether oxygens (including phenoxy) is 1. The Morgan fingerprint density at radius 2 is 2.03 bits per heavy atom. The molecule has 1 aliphatic rings. The third-order valence-electron chi connectivity index (χ3n) is 5.06. The first kappa shape index (κ1) is 19.4. The van der Waals surface area contributed by atoms with Gasteiger partial charge in [0.2, 0.25) is 0 Å². The number of hydrogen-bond donors (Lipinski definition) is 1. The number of anilines is 1. The SMILES string of the molecule is COC(=O)c1c(NC(=O)c2ccnn2C)sc2c1CCN(Cc1ccccc1)C2. The molecule has 0 spiro atoms. The molecule has 0 aliphatic carbocycles. The molecule has 150 valence electrons. The smallest absolute Gasteiger partial charge is 0.341 e. The second-order valence-corrected chi connectivity index (χ2v) is 8.05. The molecule has 1 N–H and O–H groups in total. The number of carbonyl (C=O) groups is 2. The van der Waals surface area contributed by atoms with E-state index in [1.165, 1.54) is 28.7 Å². The summed E-state index contributed by atoms with van der Waals surface area (Å²) in [5.41, 5.74) is 3.14. The topological polar surface area (TPSA) is 76.5 Å². The molecule has 0 fully saturated rings. The van der Waals surface area contributed by atoms with Crippen molar-refractivity contribution >= 4 is 28.2 Å². The highest BCUT2D eigenvalue weighted by atomic mass is 32.1. The minimum atomic E-state index is -0.417. The van der Waals surface area contributed by atoms with Crippen LogP contribution in [0.4, 0.5) is 5.00 Å². The maximum absolute atomic E-state index is 12.6. The predicted octanol–water partition coefficient (Wildman–Crippen LogP) is 3.08. The maximum atomic E-state index is 12.6. The van der Waals surface area contributed by atoms with Gasteiger partial charge in [-0.05, 0) is 23.6 Å². The Bertz CT molecular complexity index is 1040. The van der Waals surface area contributed by atoms with E-state index in [-0.39, 0.29) is 5.91 Å². The Balaban J connectivity index is 1.59. The Morgan fingerprint density at radius 1 is 1.24 bits per heavy atom. The highest BCUT2D eigenvalue weighted by molar-refractivity contribution is 7.17. The van der Waals surface area contributed by atoms with Crippen LogP contribution in [0.5, 0.6) is 0 Å². The second-order valence-electron chi connectivity index (χ2n) is 6.94. The largest absolute Gasteiger partial charge is 0.465 e. The van der Waals surface area contributed by atoms with Crippen LogP contribution in [0.15, 0.2) is 42.6 Å². The lowest BCUT2D eigenvalue weighted by Crippen LogP contribution is -2.29. The monoisotopic (exact) mass is 410 g/mol. The van der Waals surface area contributed by atoms with Crippen molar-refractivity contribution in [3.8, 4) is 0 Å². The molecule has 1 aromatic carbocycles. The van der Waals surface area contributed by atoms with E-state index in [0.717, 1.165) is 36.5 Å². The van der Waals surface area contributed by atoms with Crippen LogP contribution in [-0.2, 0) is 31.3 Å². The molecule has 0 radical (unpaired) electrons. The van der Waals surface area contributed by atoms with E-state index in [2.05, 4.69) is 27.4 Å². The second kappa shape index (κ2) is 8.18. The first-order valence-electron chi connectivity index (χ1n) is 9.35. The Kier molecular flexibility index (Phi) is 5.46. The van der Waals surface area contributed by atoms with Crippen LogP contribution in [0.25, 0.3) is 0 Å². The van der Waals surface area contributed by atoms with E-state index in [4.69, 9.17) is 4.74 Å². The van der Waals surface area contributed by atoms with Gasteiger partial charge in [0, 0.05) is 37.8 Å². The molecule has 4 rings (SSSR count). The van der Waals surface area contributed by atoms with Gasteiger partial charge in [0.1, 0.15) is 10.7 Å². The summed E-state index contributed by atoms with van der Waals surface area (Å²) in [4.78, 5) is 28.6. The van der Waals surface area contributed by atoms with Crippen molar-refractivity contribution in [2.45, 2.75) is 19.5 Å². The number of rotatable bonds is 5. The molecule has 0 bridgehead atoms. The van der Waals surface area contributed by atoms with Gasteiger partial charge in [0.05, 0.1) is 12.7 Å². The lowest BCUT2D eigenvalue weighted by atomic mass is 10.0. The third kappa shape index (κ3) is 3.94. The fourth-order valence-corrected chi connectivity index (χ4v) is 4.88. The zero-order valence-electron chi connectivity index (χ0n) is 16.3. The molecule has 29 heavy (non-hydrogen) atoms. The molecule has 7 nitrogen and oxygen atoms in total. The number of aromatic nitrogens is 2. The molecule has 0 saturated carbocycles. The summed E-state index contributed by atoms with van der Waals surface area (Å²) >= 11 is 1.45. The molecule has 2 aromatic heterocycles. The van der Waals surface area contributed by atoms with Crippen molar-refractivity contribution in [2.24, 2.45) is 7.05 Å². The molecule has 3 aromatic rings.